The monoisotopic (exact) mass is 431 g/mol. The van der Waals surface area contributed by atoms with Crippen LogP contribution >= 0.6 is 11.8 Å². The summed E-state index contributed by atoms with van der Waals surface area (Å²) in [5.41, 5.74) is 2.24. The third kappa shape index (κ3) is 3.78. The van der Waals surface area contributed by atoms with Gasteiger partial charge in [0.2, 0.25) is 5.91 Å². The fourth-order valence-corrected chi connectivity index (χ4v) is 5.63. The van der Waals surface area contributed by atoms with Gasteiger partial charge in [-0.2, -0.15) is 0 Å². The Bertz CT molecular complexity index is 887. The molecule has 30 heavy (non-hydrogen) atoms. The van der Waals surface area contributed by atoms with Crippen molar-refractivity contribution in [3.63, 3.8) is 0 Å². The number of Topliss-reactive ketones (excluding diaryl/α,β-unsaturated/α-hetero) is 1. The number of carbonyl (C=O) groups is 2. The van der Waals surface area contributed by atoms with E-state index in [0.29, 0.717) is 23.0 Å². The number of hydrogen-bond acceptors (Lipinski definition) is 7. The molecule has 5 atom stereocenters. The lowest BCUT2D eigenvalue weighted by Gasteiger charge is -2.47. The summed E-state index contributed by atoms with van der Waals surface area (Å²) in [7, 11) is 1.49. The number of carbonyl (C=O) groups excluding carboxylic acids is 2. The minimum atomic E-state index is -0.478. The average Bonchev–Trinajstić information content (AvgIpc) is 2.72. The highest BCUT2D eigenvalue weighted by Gasteiger charge is 2.49. The van der Waals surface area contributed by atoms with Crippen LogP contribution in [0.5, 0.6) is 11.5 Å². The molecule has 162 valence electrons. The first kappa shape index (κ1) is 21.1. The molecule has 2 aliphatic heterocycles. The maximum Gasteiger partial charge on any atom is 0.229 e. The zero-order valence-electron chi connectivity index (χ0n) is 17.5. The highest BCUT2D eigenvalue weighted by Crippen LogP contribution is 2.45. The number of hydrogen-bond donors (Lipinski definition) is 4. The molecule has 3 aliphatic rings. The smallest absolute Gasteiger partial charge is 0.229 e. The summed E-state index contributed by atoms with van der Waals surface area (Å²) in [5, 5.41) is 20.5. The molecule has 1 aromatic carbocycles. The number of benzene rings is 1. The Morgan fingerprint density at radius 1 is 1.27 bits per heavy atom. The van der Waals surface area contributed by atoms with E-state index in [1.165, 1.54) is 7.11 Å². The first-order valence-electron chi connectivity index (χ1n) is 10.5. The number of amides is 1. The van der Waals surface area contributed by atoms with Gasteiger partial charge in [0, 0.05) is 28.9 Å². The Balaban J connectivity index is 1.75. The predicted octanol–water partition coefficient (Wildman–Crippen LogP) is 2.57. The van der Waals surface area contributed by atoms with E-state index in [1.807, 2.05) is 0 Å². The predicted molar refractivity (Wildman–Crippen MR) is 116 cm³/mol. The number of phenols is 1. The first-order chi connectivity index (χ1) is 14.4. The molecule has 0 spiro atoms. The number of fused-ring (bicyclic) bond motifs is 1. The molecule has 1 fully saturated rings. The van der Waals surface area contributed by atoms with Gasteiger partial charge in [0.25, 0.3) is 0 Å². The summed E-state index contributed by atoms with van der Waals surface area (Å²) in [4.78, 5) is 26.2. The Labute approximate surface area is 181 Å². The summed E-state index contributed by atoms with van der Waals surface area (Å²) < 4.78 is 5.29. The zero-order chi connectivity index (χ0) is 21.4. The van der Waals surface area contributed by atoms with Crippen LogP contribution < -0.4 is 20.7 Å². The topological polar surface area (TPSA) is 99.7 Å². The van der Waals surface area contributed by atoms with Crippen LogP contribution in [0.25, 0.3) is 0 Å². The van der Waals surface area contributed by atoms with Crippen LogP contribution in [0.1, 0.15) is 51.0 Å². The van der Waals surface area contributed by atoms with E-state index in [1.54, 1.807) is 30.0 Å². The first-order valence-corrected chi connectivity index (χ1v) is 11.5. The van der Waals surface area contributed by atoms with Crippen molar-refractivity contribution in [2.75, 3.05) is 7.11 Å². The quantitative estimate of drug-likeness (QED) is 0.569. The largest absolute Gasteiger partial charge is 0.504 e. The fraction of sp³-hybridized carbons (Fsp3) is 0.545. The summed E-state index contributed by atoms with van der Waals surface area (Å²) in [6, 6.07) is 5.08. The van der Waals surface area contributed by atoms with Crippen LogP contribution in [0.2, 0.25) is 0 Å². The molecule has 5 unspecified atom stereocenters. The van der Waals surface area contributed by atoms with Gasteiger partial charge < -0.3 is 20.5 Å². The van der Waals surface area contributed by atoms with E-state index < -0.39 is 11.8 Å². The second kappa shape index (κ2) is 8.51. The minimum absolute atomic E-state index is 0.0344. The number of aromatic hydroxyl groups is 1. The van der Waals surface area contributed by atoms with Crippen molar-refractivity contribution in [2.45, 2.75) is 62.4 Å². The molecule has 1 amide bonds. The van der Waals surface area contributed by atoms with Crippen LogP contribution in [-0.4, -0.2) is 40.8 Å². The SMILES string of the molecule is CCC(C)SC1NC(=O)C2C(NC3=C(C(=O)CCC3)C2c2ccc(O)c(OC)c2)N1. The van der Waals surface area contributed by atoms with E-state index in [4.69, 9.17) is 4.74 Å². The lowest BCUT2D eigenvalue weighted by molar-refractivity contribution is -0.130. The van der Waals surface area contributed by atoms with Crippen LogP contribution in [-0.2, 0) is 9.59 Å². The van der Waals surface area contributed by atoms with E-state index in [0.717, 1.165) is 30.5 Å². The van der Waals surface area contributed by atoms with E-state index >= 15 is 0 Å². The van der Waals surface area contributed by atoms with Gasteiger partial charge in [-0.1, -0.05) is 19.9 Å². The fourth-order valence-electron chi connectivity index (χ4n) is 4.57. The normalized spacial score (nSPS) is 29.4. The van der Waals surface area contributed by atoms with Crippen LogP contribution in [0.3, 0.4) is 0 Å². The Kier molecular flexibility index (Phi) is 5.97. The number of ether oxygens (including phenoxy) is 1. The molecule has 4 N–H and O–H groups in total. The maximum atomic E-state index is 13.3. The lowest BCUT2D eigenvalue weighted by atomic mass is 9.70. The Morgan fingerprint density at radius 3 is 2.80 bits per heavy atom. The molecule has 2 heterocycles. The molecule has 0 bridgehead atoms. The average molecular weight is 432 g/mol. The van der Waals surface area contributed by atoms with Crippen molar-refractivity contribution in [3.8, 4) is 11.5 Å². The number of nitrogens with one attached hydrogen (secondary N) is 3. The summed E-state index contributed by atoms with van der Waals surface area (Å²) >= 11 is 1.70. The van der Waals surface area contributed by atoms with Gasteiger partial charge in [0.1, 0.15) is 5.50 Å². The number of rotatable bonds is 5. The van der Waals surface area contributed by atoms with Crippen molar-refractivity contribution in [1.82, 2.24) is 16.0 Å². The molecule has 0 radical (unpaired) electrons. The van der Waals surface area contributed by atoms with Crippen molar-refractivity contribution < 1.29 is 19.4 Å². The molecule has 8 heteroatoms. The maximum absolute atomic E-state index is 13.3. The number of allylic oxidation sites excluding steroid dienone is 2. The number of phenolic OH excluding ortho intramolecular Hbond substituents is 1. The van der Waals surface area contributed by atoms with Crippen molar-refractivity contribution in [1.29, 1.82) is 0 Å². The molecule has 0 aromatic heterocycles. The van der Waals surface area contributed by atoms with E-state index in [-0.39, 0.29) is 29.1 Å². The van der Waals surface area contributed by atoms with Gasteiger partial charge in [0.15, 0.2) is 17.3 Å². The molecule has 7 nitrogen and oxygen atoms in total. The molecule has 1 saturated heterocycles. The van der Waals surface area contributed by atoms with Crippen molar-refractivity contribution in [3.05, 3.63) is 35.0 Å². The van der Waals surface area contributed by atoms with Crippen molar-refractivity contribution in [2.24, 2.45) is 5.92 Å². The van der Waals surface area contributed by atoms with Gasteiger partial charge >= 0.3 is 0 Å². The number of thioether (sulfide) groups is 1. The second-order valence-electron chi connectivity index (χ2n) is 8.14. The van der Waals surface area contributed by atoms with Gasteiger partial charge in [0.05, 0.1) is 19.2 Å². The second-order valence-corrected chi connectivity index (χ2v) is 9.68. The third-order valence-corrected chi connectivity index (χ3v) is 7.55. The molecular weight excluding hydrogens is 402 g/mol. The van der Waals surface area contributed by atoms with Gasteiger partial charge in [-0.05, 0) is 37.0 Å². The number of methoxy groups -OCH3 is 1. The molecular formula is C22H29N3O4S. The van der Waals surface area contributed by atoms with Gasteiger partial charge in [-0.3, -0.25) is 14.9 Å². The van der Waals surface area contributed by atoms with Crippen molar-refractivity contribution >= 4 is 23.5 Å². The lowest BCUT2D eigenvalue weighted by Crippen LogP contribution is -2.68. The molecule has 1 aliphatic carbocycles. The van der Waals surface area contributed by atoms with Crippen LogP contribution in [0.4, 0.5) is 0 Å². The molecule has 1 aromatic rings. The summed E-state index contributed by atoms with van der Waals surface area (Å²) in [6.07, 6.45) is 2.84. The number of ketones is 1. The van der Waals surface area contributed by atoms with Crippen LogP contribution in [0.15, 0.2) is 29.5 Å². The highest BCUT2D eigenvalue weighted by molar-refractivity contribution is 8.00. The minimum Gasteiger partial charge on any atom is -0.504 e. The summed E-state index contributed by atoms with van der Waals surface area (Å²) in [6.45, 7) is 4.27. The highest BCUT2D eigenvalue weighted by atomic mass is 32.2. The van der Waals surface area contributed by atoms with Crippen LogP contribution in [0, 0.1) is 5.92 Å². The molecule has 4 rings (SSSR count). The zero-order valence-corrected chi connectivity index (χ0v) is 18.3. The Morgan fingerprint density at radius 2 is 2.07 bits per heavy atom. The van der Waals surface area contributed by atoms with E-state index in [9.17, 15) is 14.7 Å². The summed E-state index contributed by atoms with van der Waals surface area (Å²) in [5.74, 6) is -0.490. The van der Waals surface area contributed by atoms with E-state index in [2.05, 4.69) is 29.8 Å². The third-order valence-electron chi connectivity index (χ3n) is 6.23. The standard InChI is InChI=1S/C22H29N3O4S/c1-4-11(2)30-22-24-20-19(21(28)25-22)17(12-8-9-14(26)16(10-12)29-3)18-13(23-20)6-5-7-15(18)27/h8-11,17,19-20,22-24,26H,4-7H2,1-3H3,(H,25,28). The Hall–Kier alpha value is -2.19. The van der Waals surface area contributed by atoms with Gasteiger partial charge in [-0.25, -0.2) is 0 Å². The van der Waals surface area contributed by atoms with Gasteiger partial charge in [-0.15, -0.1) is 11.8 Å². The molecule has 0 saturated carbocycles.